The van der Waals surface area contributed by atoms with Gasteiger partial charge < -0.3 is 0 Å². The van der Waals surface area contributed by atoms with Crippen molar-refractivity contribution in [1.29, 1.82) is 0 Å². The highest BCUT2D eigenvalue weighted by molar-refractivity contribution is 7.99. The molecule has 0 amide bonds. The van der Waals surface area contributed by atoms with Crippen LogP contribution in [0.5, 0.6) is 0 Å². The van der Waals surface area contributed by atoms with E-state index in [1.807, 2.05) is 4.68 Å². The first-order valence-corrected chi connectivity index (χ1v) is 8.49. The first kappa shape index (κ1) is 14.5. The third-order valence-electron chi connectivity index (χ3n) is 4.13. The Balaban J connectivity index is 1.69. The largest absolute Gasteiger partial charge is 0.236 e. The summed E-state index contributed by atoms with van der Waals surface area (Å²) in [6.45, 7) is 0. The van der Waals surface area contributed by atoms with Crippen molar-refractivity contribution in [1.82, 2.24) is 30.2 Å². The molecule has 4 rings (SSSR count). The van der Waals surface area contributed by atoms with Gasteiger partial charge in [0, 0.05) is 5.39 Å². The predicted molar refractivity (Wildman–Crippen MR) is 83.6 cm³/mol. The van der Waals surface area contributed by atoms with Crippen LogP contribution < -0.4 is 0 Å². The van der Waals surface area contributed by atoms with Crippen LogP contribution >= 0.6 is 11.8 Å². The van der Waals surface area contributed by atoms with Crippen LogP contribution in [0.2, 0.25) is 0 Å². The molecule has 2 heterocycles. The second-order valence-corrected chi connectivity index (χ2v) is 6.60. The summed E-state index contributed by atoms with van der Waals surface area (Å²) < 4.78 is 15.4. The average molecular weight is 330 g/mol. The molecule has 23 heavy (non-hydrogen) atoms. The molecule has 0 N–H and O–H groups in total. The van der Waals surface area contributed by atoms with E-state index in [2.05, 4.69) is 25.5 Å². The second-order valence-electron chi connectivity index (χ2n) is 5.64. The van der Waals surface area contributed by atoms with E-state index in [1.165, 1.54) is 49.5 Å². The van der Waals surface area contributed by atoms with Gasteiger partial charge in [0.2, 0.25) is 5.16 Å². The standard InChI is InChI=1S/C15H15FN6S/c16-10-6-7-13-12(8-10)14(18-9-17-13)23-15-19-20-21-22(15)11-4-2-1-3-5-11/h6-9,11H,1-5H2. The van der Waals surface area contributed by atoms with Gasteiger partial charge in [-0.1, -0.05) is 19.3 Å². The van der Waals surface area contributed by atoms with Crippen LogP contribution in [0.25, 0.3) is 10.9 Å². The molecule has 0 saturated heterocycles. The summed E-state index contributed by atoms with van der Waals surface area (Å²) in [4.78, 5) is 8.46. The van der Waals surface area contributed by atoms with Gasteiger partial charge >= 0.3 is 0 Å². The van der Waals surface area contributed by atoms with Crippen LogP contribution in [0.1, 0.15) is 38.1 Å². The Morgan fingerprint density at radius 2 is 2.00 bits per heavy atom. The lowest BCUT2D eigenvalue weighted by Crippen LogP contribution is -2.15. The van der Waals surface area contributed by atoms with Crippen molar-refractivity contribution in [3.63, 3.8) is 0 Å². The monoisotopic (exact) mass is 330 g/mol. The van der Waals surface area contributed by atoms with Crippen LogP contribution in [-0.4, -0.2) is 30.2 Å². The minimum atomic E-state index is -0.305. The van der Waals surface area contributed by atoms with Gasteiger partial charge in [0.25, 0.3) is 0 Å². The quantitative estimate of drug-likeness (QED) is 0.686. The first-order valence-electron chi connectivity index (χ1n) is 7.67. The van der Waals surface area contributed by atoms with Gasteiger partial charge in [-0.15, -0.1) is 5.10 Å². The van der Waals surface area contributed by atoms with Crippen LogP contribution in [-0.2, 0) is 0 Å². The molecule has 1 aliphatic rings. The number of fused-ring (bicyclic) bond motifs is 1. The van der Waals surface area contributed by atoms with Crippen LogP contribution in [0.3, 0.4) is 0 Å². The fraction of sp³-hybridized carbons (Fsp3) is 0.400. The highest BCUT2D eigenvalue weighted by Gasteiger charge is 2.21. The van der Waals surface area contributed by atoms with E-state index in [0.29, 0.717) is 27.1 Å². The Morgan fingerprint density at radius 1 is 1.13 bits per heavy atom. The minimum absolute atomic E-state index is 0.305. The van der Waals surface area contributed by atoms with Gasteiger partial charge in [0.1, 0.15) is 17.2 Å². The predicted octanol–water partition coefficient (Wildman–Crippen LogP) is 3.41. The third-order valence-corrected chi connectivity index (χ3v) is 5.10. The van der Waals surface area contributed by atoms with Crippen molar-refractivity contribution in [2.75, 3.05) is 0 Å². The number of nitrogens with zero attached hydrogens (tertiary/aromatic N) is 6. The summed E-state index contributed by atoms with van der Waals surface area (Å²) in [6.07, 6.45) is 7.36. The number of aromatic nitrogens is 6. The maximum atomic E-state index is 13.6. The molecule has 6 nitrogen and oxygen atoms in total. The van der Waals surface area contributed by atoms with Crippen molar-refractivity contribution in [2.24, 2.45) is 0 Å². The molecule has 0 radical (unpaired) electrons. The zero-order chi connectivity index (χ0) is 15.6. The Kier molecular flexibility index (Phi) is 3.90. The topological polar surface area (TPSA) is 69.4 Å². The summed E-state index contributed by atoms with van der Waals surface area (Å²) in [6, 6.07) is 4.84. The zero-order valence-electron chi connectivity index (χ0n) is 12.4. The van der Waals surface area contributed by atoms with Gasteiger partial charge in [0.15, 0.2) is 0 Å². The van der Waals surface area contributed by atoms with E-state index >= 15 is 0 Å². The number of benzene rings is 1. The van der Waals surface area contributed by atoms with Crippen molar-refractivity contribution < 1.29 is 4.39 Å². The Morgan fingerprint density at radius 3 is 2.87 bits per heavy atom. The lowest BCUT2D eigenvalue weighted by molar-refractivity contribution is 0.307. The van der Waals surface area contributed by atoms with E-state index in [1.54, 1.807) is 6.07 Å². The smallest absolute Gasteiger partial charge is 0.215 e. The fourth-order valence-electron chi connectivity index (χ4n) is 2.98. The number of rotatable bonds is 3. The third kappa shape index (κ3) is 2.90. The zero-order valence-corrected chi connectivity index (χ0v) is 13.2. The van der Waals surface area contributed by atoms with Crippen molar-refractivity contribution in [2.45, 2.75) is 48.3 Å². The van der Waals surface area contributed by atoms with Gasteiger partial charge in [-0.2, -0.15) is 0 Å². The summed E-state index contributed by atoms with van der Waals surface area (Å²) in [5, 5.41) is 14.1. The molecule has 3 aromatic rings. The highest BCUT2D eigenvalue weighted by atomic mass is 32.2. The molecule has 1 aromatic carbocycles. The Hall–Kier alpha value is -2.09. The molecule has 2 aromatic heterocycles. The van der Waals surface area contributed by atoms with E-state index in [9.17, 15) is 4.39 Å². The lowest BCUT2D eigenvalue weighted by Gasteiger charge is -2.21. The van der Waals surface area contributed by atoms with Crippen molar-refractivity contribution >= 4 is 22.7 Å². The molecule has 1 saturated carbocycles. The Labute approximate surface area is 136 Å². The van der Waals surface area contributed by atoms with E-state index in [0.717, 1.165) is 12.8 Å². The molecular formula is C15H15FN6S. The van der Waals surface area contributed by atoms with Crippen LogP contribution in [0.4, 0.5) is 4.39 Å². The van der Waals surface area contributed by atoms with Gasteiger partial charge in [-0.3, -0.25) is 0 Å². The molecule has 0 atom stereocenters. The lowest BCUT2D eigenvalue weighted by atomic mass is 9.96. The maximum absolute atomic E-state index is 13.6. The van der Waals surface area contributed by atoms with Gasteiger partial charge in [0.05, 0.1) is 11.6 Å². The molecular weight excluding hydrogens is 315 g/mol. The SMILES string of the molecule is Fc1ccc2ncnc(Sc3nnnn3C3CCCCC3)c2c1. The number of halogens is 1. The first-order chi connectivity index (χ1) is 11.3. The number of tetrazole rings is 1. The van der Waals surface area contributed by atoms with Crippen molar-refractivity contribution in [3.05, 3.63) is 30.3 Å². The molecule has 8 heteroatoms. The van der Waals surface area contributed by atoms with E-state index in [4.69, 9.17) is 0 Å². The summed E-state index contributed by atoms with van der Waals surface area (Å²) in [5.41, 5.74) is 0.709. The molecule has 1 aliphatic carbocycles. The van der Waals surface area contributed by atoms with E-state index in [-0.39, 0.29) is 5.82 Å². The van der Waals surface area contributed by atoms with Crippen LogP contribution in [0, 0.1) is 5.82 Å². The second kappa shape index (κ2) is 6.19. The average Bonchev–Trinajstić information content (AvgIpc) is 3.04. The number of hydrogen-bond donors (Lipinski definition) is 0. The Bertz CT molecular complexity index is 830. The minimum Gasteiger partial charge on any atom is -0.236 e. The molecule has 0 unspecified atom stereocenters. The fourth-order valence-corrected chi connectivity index (χ4v) is 3.88. The molecule has 118 valence electrons. The molecule has 0 spiro atoms. The van der Waals surface area contributed by atoms with Gasteiger partial charge in [-0.25, -0.2) is 19.0 Å². The molecule has 0 aliphatic heterocycles. The highest BCUT2D eigenvalue weighted by Crippen LogP contribution is 2.34. The summed E-state index contributed by atoms with van der Waals surface area (Å²) in [7, 11) is 0. The summed E-state index contributed by atoms with van der Waals surface area (Å²) >= 11 is 1.36. The van der Waals surface area contributed by atoms with E-state index < -0.39 is 0 Å². The molecule has 0 bridgehead atoms. The van der Waals surface area contributed by atoms with Gasteiger partial charge in [-0.05, 0) is 53.2 Å². The molecule has 1 fully saturated rings. The van der Waals surface area contributed by atoms with Crippen molar-refractivity contribution in [3.8, 4) is 0 Å². The van der Waals surface area contributed by atoms with Crippen LogP contribution in [0.15, 0.2) is 34.7 Å². The normalized spacial score (nSPS) is 16.0. The number of hydrogen-bond acceptors (Lipinski definition) is 6. The summed E-state index contributed by atoms with van der Waals surface area (Å²) in [5.74, 6) is -0.305. The maximum Gasteiger partial charge on any atom is 0.215 e.